The van der Waals surface area contributed by atoms with Gasteiger partial charge in [0.15, 0.2) is 0 Å². The normalized spacial score (nSPS) is 23.7. The van der Waals surface area contributed by atoms with Gasteiger partial charge in [-0.1, -0.05) is 6.92 Å². The molecule has 2 amide bonds. The van der Waals surface area contributed by atoms with Crippen molar-refractivity contribution in [3.8, 4) is 5.75 Å². The number of rotatable bonds is 7. The standard InChI is InChI=1S/C21H31FN4O3/c1-2-24-9-11-25(12-10-24)15-21(28)26-8-7-19(16(14-26)13-20(23)27)29-18-5-3-17(22)4-6-18/h3-6,16,19H,2,7-15H2,1H3,(H2,23,27)/t16-,19-/m0/s1. The van der Waals surface area contributed by atoms with E-state index in [1.807, 2.05) is 4.90 Å². The molecule has 0 bridgehead atoms. The average molecular weight is 407 g/mol. The lowest BCUT2D eigenvalue weighted by Crippen LogP contribution is -2.53. The summed E-state index contributed by atoms with van der Waals surface area (Å²) in [7, 11) is 0. The number of likely N-dealkylation sites (tertiary alicyclic amines) is 1. The van der Waals surface area contributed by atoms with E-state index < -0.39 is 5.91 Å². The number of halogens is 1. The highest BCUT2D eigenvalue weighted by atomic mass is 19.1. The third kappa shape index (κ3) is 6.14. The summed E-state index contributed by atoms with van der Waals surface area (Å²) in [6.07, 6.45) is 0.542. The molecule has 2 fully saturated rings. The minimum Gasteiger partial charge on any atom is -0.490 e. The van der Waals surface area contributed by atoms with Crippen LogP contribution in [0.2, 0.25) is 0 Å². The topological polar surface area (TPSA) is 79.1 Å². The molecule has 7 nitrogen and oxygen atoms in total. The largest absolute Gasteiger partial charge is 0.490 e. The number of hydrogen-bond acceptors (Lipinski definition) is 5. The Morgan fingerprint density at radius 1 is 1.10 bits per heavy atom. The van der Waals surface area contributed by atoms with Crippen molar-refractivity contribution in [1.82, 2.24) is 14.7 Å². The van der Waals surface area contributed by atoms with Gasteiger partial charge in [-0.05, 0) is 30.8 Å². The van der Waals surface area contributed by atoms with Gasteiger partial charge < -0.3 is 20.3 Å². The molecule has 2 aliphatic rings. The number of hydrogen-bond donors (Lipinski definition) is 1. The van der Waals surface area contributed by atoms with Gasteiger partial charge in [-0.15, -0.1) is 0 Å². The smallest absolute Gasteiger partial charge is 0.236 e. The Morgan fingerprint density at radius 3 is 2.38 bits per heavy atom. The van der Waals surface area contributed by atoms with Gasteiger partial charge in [-0.3, -0.25) is 14.5 Å². The van der Waals surface area contributed by atoms with Crippen molar-refractivity contribution < 1.29 is 18.7 Å². The second kappa shape index (κ2) is 10.0. The number of likely N-dealkylation sites (N-methyl/N-ethyl adjacent to an activating group) is 1. The SMILES string of the molecule is CCN1CCN(CC(=O)N2CC[C@H](Oc3ccc(F)cc3)[C@@H](CC(N)=O)C2)CC1. The number of piperidine rings is 1. The van der Waals surface area contributed by atoms with Crippen LogP contribution < -0.4 is 10.5 Å². The second-order valence-electron chi connectivity index (χ2n) is 7.88. The van der Waals surface area contributed by atoms with Crippen LogP contribution in [-0.4, -0.2) is 85.0 Å². The molecular weight excluding hydrogens is 375 g/mol. The fourth-order valence-corrected chi connectivity index (χ4v) is 4.09. The Kier molecular flexibility index (Phi) is 7.44. The maximum atomic E-state index is 13.1. The predicted molar refractivity (Wildman–Crippen MR) is 108 cm³/mol. The van der Waals surface area contributed by atoms with E-state index in [1.54, 1.807) is 12.1 Å². The maximum absolute atomic E-state index is 13.1. The van der Waals surface area contributed by atoms with Gasteiger partial charge in [-0.25, -0.2) is 4.39 Å². The Morgan fingerprint density at radius 2 is 1.76 bits per heavy atom. The van der Waals surface area contributed by atoms with Crippen LogP contribution in [0.5, 0.6) is 5.75 Å². The van der Waals surface area contributed by atoms with Gasteiger partial charge in [-0.2, -0.15) is 0 Å². The highest BCUT2D eigenvalue weighted by molar-refractivity contribution is 5.79. The van der Waals surface area contributed by atoms with Crippen LogP contribution in [0.15, 0.2) is 24.3 Å². The minimum absolute atomic E-state index is 0.0876. The molecule has 2 saturated heterocycles. The first kappa shape index (κ1) is 21.5. The first-order chi connectivity index (χ1) is 13.9. The van der Waals surface area contributed by atoms with E-state index in [1.165, 1.54) is 12.1 Å². The lowest BCUT2D eigenvalue weighted by atomic mass is 9.91. The maximum Gasteiger partial charge on any atom is 0.236 e. The lowest BCUT2D eigenvalue weighted by Gasteiger charge is -2.40. The van der Waals surface area contributed by atoms with Crippen LogP contribution in [0, 0.1) is 11.7 Å². The molecule has 2 aliphatic heterocycles. The number of amides is 2. The number of nitrogens with two attached hydrogens (primary N) is 1. The molecule has 160 valence electrons. The van der Waals surface area contributed by atoms with Crippen molar-refractivity contribution in [3.63, 3.8) is 0 Å². The highest BCUT2D eigenvalue weighted by Gasteiger charge is 2.34. The van der Waals surface area contributed by atoms with Crippen molar-refractivity contribution in [3.05, 3.63) is 30.1 Å². The number of carbonyl (C=O) groups excluding carboxylic acids is 2. The summed E-state index contributed by atoms with van der Waals surface area (Å²) in [4.78, 5) is 30.8. The monoisotopic (exact) mass is 406 g/mol. The Balaban J connectivity index is 1.56. The van der Waals surface area contributed by atoms with E-state index in [2.05, 4.69) is 16.7 Å². The molecule has 2 atom stereocenters. The molecule has 0 spiro atoms. The molecule has 0 aromatic heterocycles. The molecule has 0 radical (unpaired) electrons. The summed E-state index contributed by atoms with van der Waals surface area (Å²) in [6.45, 7) is 8.39. The van der Waals surface area contributed by atoms with Crippen molar-refractivity contribution >= 4 is 11.8 Å². The van der Waals surface area contributed by atoms with Gasteiger partial charge in [0.2, 0.25) is 11.8 Å². The van der Waals surface area contributed by atoms with Crippen LogP contribution in [0.3, 0.4) is 0 Å². The molecule has 2 N–H and O–H groups in total. The van der Waals surface area contributed by atoms with Gasteiger partial charge in [0, 0.05) is 58.0 Å². The van der Waals surface area contributed by atoms with Crippen molar-refractivity contribution in [1.29, 1.82) is 0 Å². The molecule has 0 unspecified atom stereocenters. The Hall–Kier alpha value is -2.19. The third-order valence-electron chi connectivity index (χ3n) is 5.85. The van der Waals surface area contributed by atoms with Crippen LogP contribution in [0.1, 0.15) is 19.8 Å². The van der Waals surface area contributed by atoms with Crippen molar-refractivity contribution in [2.24, 2.45) is 11.7 Å². The zero-order chi connectivity index (χ0) is 20.8. The molecule has 1 aromatic rings. The molecule has 3 rings (SSSR count). The zero-order valence-corrected chi connectivity index (χ0v) is 17.1. The number of carbonyl (C=O) groups is 2. The first-order valence-corrected chi connectivity index (χ1v) is 10.4. The number of benzene rings is 1. The van der Waals surface area contributed by atoms with E-state index in [-0.39, 0.29) is 30.2 Å². The van der Waals surface area contributed by atoms with E-state index in [9.17, 15) is 14.0 Å². The summed E-state index contributed by atoms with van der Waals surface area (Å²) < 4.78 is 19.1. The van der Waals surface area contributed by atoms with Gasteiger partial charge in [0.05, 0.1) is 6.54 Å². The number of ether oxygens (including phenoxy) is 1. The zero-order valence-electron chi connectivity index (χ0n) is 17.1. The molecule has 1 aromatic carbocycles. The van der Waals surface area contributed by atoms with Crippen LogP contribution in [0.25, 0.3) is 0 Å². The third-order valence-corrected chi connectivity index (χ3v) is 5.85. The summed E-state index contributed by atoms with van der Waals surface area (Å²) >= 11 is 0. The predicted octanol–water partition coefficient (Wildman–Crippen LogP) is 0.935. The van der Waals surface area contributed by atoms with E-state index >= 15 is 0 Å². The van der Waals surface area contributed by atoms with E-state index in [4.69, 9.17) is 10.5 Å². The lowest BCUT2D eigenvalue weighted by molar-refractivity contribution is -0.137. The summed E-state index contributed by atoms with van der Waals surface area (Å²) in [5, 5.41) is 0. The van der Waals surface area contributed by atoms with E-state index in [0.29, 0.717) is 31.8 Å². The molecule has 0 aliphatic carbocycles. The van der Waals surface area contributed by atoms with E-state index in [0.717, 1.165) is 32.7 Å². The van der Waals surface area contributed by atoms with Crippen LogP contribution >= 0.6 is 0 Å². The number of piperazine rings is 1. The average Bonchev–Trinajstić information content (AvgIpc) is 2.71. The van der Waals surface area contributed by atoms with Gasteiger partial charge in [0.1, 0.15) is 17.7 Å². The van der Waals surface area contributed by atoms with Gasteiger partial charge in [0.25, 0.3) is 0 Å². The number of nitrogens with zero attached hydrogens (tertiary/aromatic N) is 3. The van der Waals surface area contributed by atoms with Crippen molar-refractivity contribution in [2.45, 2.75) is 25.9 Å². The molecule has 0 saturated carbocycles. The summed E-state index contributed by atoms with van der Waals surface area (Å²) in [5.41, 5.74) is 5.44. The summed E-state index contributed by atoms with van der Waals surface area (Å²) in [6, 6.07) is 5.83. The minimum atomic E-state index is -0.410. The molecule has 2 heterocycles. The quantitative estimate of drug-likeness (QED) is 0.729. The fraction of sp³-hybridized carbons (Fsp3) is 0.619. The molecular formula is C21H31FN4O3. The summed E-state index contributed by atoms with van der Waals surface area (Å²) in [5.74, 6) is -0.268. The van der Waals surface area contributed by atoms with Crippen LogP contribution in [-0.2, 0) is 9.59 Å². The Labute approximate surface area is 171 Å². The number of primary amides is 1. The van der Waals surface area contributed by atoms with Crippen molar-refractivity contribution in [2.75, 3.05) is 52.4 Å². The van der Waals surface area contributed by atoms with Gasteiger partial charge >= 0.3 is 0 Å². The first-order valence-electron chi connectivity index (χ1n) is 10.4. The fourth-order valence-electron chi connectivity index (χ4n) is 4.09. The second-order valence-corrected chi connectivity index (χ2v) is 7.88. The molecule has 8 heteroatoms. The Bertz CT molecular complexity index is 692. The molecule has 29 heavy (non-hydrogen) atoms. The highest BCUT2D eigenvalue weighted by Crippen LogP contribution is 2.26. The van der Waals surface area contributed by atoms with Crippen LogP contribution in [0.4, 0.5) is 4.39 Å².